The van der Waals surface area contributed by atoms with Gasteiger partial charge < -0.3 is 11.5 Å². The summed E-state index contributed by atoms with van der Waals surface area (Å²) >= 11 is 0. The van der Waals surface area contributed by atoms with Gasteiger partial charge >= 0.3 is 0 Å². The average molecular weight is 204 g/mol. The van der Waals surface area contributed by atoms with Gasteiger partial charge in [0.05, 0.1) is 0 Å². The van der Waals surface area contributed by atoms with Crippen molar-refractivity contribution in [1.29, 1.82) is 0 Å². The van der Waals surface area contributed by atoms with Gasteiger partial charge in [0.2, 0.25) is 0 Å². The number of hydrogen-bond acceptors (Lipinski definition) is 2. The van der Waals surface area contributed by atoms with Crippen molar-refractivity contribution >= 4 is 0 Å². The largest absolute Gasteiger partial charge is 0.329 e. The van der Waals surface area contributed by atoms with E-state index in [4.69, 9.17) is 11.5 Å². The van der Waals surface area contributed by atoms with Crippen LogP contribution in [0, 0.1) is 24.4 Å². The second-order valence-corrected chi connectivity index (χ2v) is 3.06. The zero-order chi connectivity index (χ0) is 10.9. The topological polar surface area (TPSA) is 52.0 Å². The van der Waals surface area contributed by atoms with Gasteiger partial charge in [-0.05, 0) is 18.6 Å². The van der Waals surface area contributed by atoms with Gasteiger partial charge in [0, 0.05) is 18.2 Å². The van der Waals surface area contributed by atoms with Crippen LogP contribution < -0.4 is 11.5 Å². The molecule has 0 radical (unpaired) electrons. The molecule has 0 aliphatic heterocycles. The molecule has 1 aromatic carbocycles. The van der Waals surface area contributed by atoms with Crippen molar-refractivity contribution in [3.05, 3.63) is 34.6 Å². The fraction of sp³-hybridized carbons (Fsp3) is 0.333. The zero-order valence-corrected chi connectivity index (χ0v) is 7.65. The Bertz CT molecular complexity index is 352. The first kappa shape index (κ1) is 11.0. The number of nitrogens with two attached hydrogens (primary N) is 2. The van der Waals surface area contributed by atoms with E-state index in [1.165, 1.54) is 6.92 Å². The number of rotatable bonds is 2. The lowest BCUT2D eigenvalue weighted by atomic mass is 10.0. The third-order valence-electron chi connectivity index (χ3n) is 2.00. The van der Waals surface area contributed by atoms with Crippen molar-refractivity contribution in [3.8, 4) is 0 Å². The molecular weight excluding hydrogens is 193 g/mol. The summed E-state index contributed by atoms with van der Waals surface area (Å²) in [6.07, 6.45) is 0. The molecule has 0 heterocycles. The molecule has 1 rings (SSSR count). The van der Waals surface area contributed by atoms with Crippen LogP contribution in [-0.2, 0) is 0 Å². The highest BCUT2D eigenvalue weighted by atomic mass is 19.2. The fourth-order valence-electron chi connectivity index (χ4n) is 1.19. The summed E-state index contributed by atoms with van der Waals surface area (Å²) < 4.78 is 39.4. The lowest BCUT2D eigenvalue weighted by Gasteiger charge is -2.12. The van der Waals surface area contributed by atoms with E-state index in [1.807, 2.05) is 0 Å². The van der Waals surface area contributed by atoms with E-state index in [9.17, 15) is 13.2 Å². The first-order valence-electron chi connectivity index (χ1n) is 4.08. The molecule has 4 N–H and O–H groups in total. The Balaban J connectivity index is 3.36. The minimum Gasteiger partial charge on any atom is -0.329 e. The second-order valence-electron chi connectivity index (χ2n) is 3.06. The van der Waals surface area contributed by atoms with Gasteiger partial charge in [0.1, 0.15) is 5.82 Å². The number of benzene rings is 1. The number of hydrogen-bond donors (Lipinski definition) is 2. The van der Waals surface area contributed by atoms with Gasteiger partial charge in [0.15, 0.2) is 11.6 Å². The standard InChI is InChI=1S/C9H11F3N2/c1-4-2-5(10)7(6(14)3-13)9(12)8(4)11/h2,6H,3,13-14H2,1H3/t6-/m1/s1. The minimum absolute atomic E-state index is 0.0898. The van der Waals surface area contributed by atoms with Gasteiger partial charge in [-0.25, -0.2) is 13.2 Å². The highest BCUT2D eigenvalue weighted by molar-refractivity contribution is 5.29. The van der Waals surface area contributed by atoms with E-state index in [1.54, 1.807) is 0 Å². The predicted molar refractivity (Wildman–Crippen MR) is 47.0 cm³/mol. The molecule has 0 amide bonds. The Morgan fingerprint density at radius 3 is 2.36 bits per heavy atom. The minimum atomic E-state index is -1.25. The maximum Gasteiger partial charge on any atom is 0.166 e. The molecule has 78 valence electrons. The number of aryl methyl sites for hydroxylation is 1. The van der Waals surface area contributed by atoms with Crippen molar-refractivity contribution < 1.29 is 13.2 Å². The molecule has 0 fully saturated rings. The highest BCUT2D eigenvalue weighted by Crippen LogP contribution is 2.23. The van der Waals surface area contributed by atoms with Gasteiger partial charge in [-0.1, -0.05) is 0 Å². The van der Waals surface area contributed by atoms with Crippen LogP contribution >= 0.6 is 0 Å². The zero-order valence-electron chi connectivity index (χ0n) is 7.65. The highest BCUT2D eigenvalue weighted by Gasteiger charge is 2.20. The molecule has 0 bridgehead atoms. The van der Waals surface area contributed by atoms with Gasteiger partial charge in [-0.15, -0.1) is 0 Å². The van der Waals surface area contributed by atoms with Crippen molar-refractivity contribution in [2.24, 2.45) is 11.5 Å². The molecule has 1 aromatic rings. The molecule has 0 saturated heterocycles. The molecular formula is C9H11F3N2. The SMILES string of the molecule is Cc1cc(F)c([C@H](N)CN)c(F)c1F. The quantitative estimate of drug-likeness (QED) is 0.715. The van der Waals surface area contributed by atoms with Crippen molar-refractivity contribution in [2.45, 2.75) is 13.0 Å². The fourth-order valence-corrected chi connectivity index (χ4v) is 1.19. The summed E-state index contributed by atoms with van der Waals surface area (Å²) in [7, 11) is 0. The van der Waals surface area contributed by atoms with Crippen molar-refractivity contribution in [3.63, 3.8) is 0 Å². The van der Waals surface area contributed by atoms with E-state index in [2.05, 4.69) is 0 Å². The van der Waals surface area contributed by atoms with Crippen LogP contribution in [0.4, 0.5) is 13.2 Å². The third-order valence-corrected chi connectivity index (χ3v) is 2.00. The summed E-state index contributed by atoms with van der Waals surface area (Å²) in [5.74, 6) is -3.19. The monoisotopic (exact) mass is 204 g/mol. The Morgan fingerprint density at radius 1 is 1.29 bits per heavy atom. The molecule has 0 unspecified atom stereocenters. The molecule has 14 heavy (non-hydrogen) atoms. The van der Waals surface area contributed by atoms with E-state index < -0.39 is 29.1 Å². The summed E-state index contributed by atoms with van der Waals surface area (Å²) in [6, 6.07) is -0.117. The van der Waals surface area contributed by atoms with E-state index >= 15 is 0 Å². The Hall–Kier alpha value is -1.07. The van der Waals surface area contributed by atoms with Crippen molar-refractivity contribution in [1.82, 2.24) is 0 Å². The Kier molecular flexibility index (Phi) is 3.13. The van der Waals surface area contributed by atoms with Crippen LogP contribution in [0.15, 0.2) is 6.07 Å². The van der Waals surface area contributed by atoms with Gasteiger partial charge in [-0.2, -0.15) is 0 Å². The van der Waals surface area contributed by atoms with Crippen LogP contribution in [0.2, 0.25) is 0 Å². The summed E-state index contributed by atoms with van der Waals surface area (Å²) in [6.45, 7) is 1.13. The van der Waals surface area contributed by atoms with E-state index in [0.29, 0.717) is 0 Å². The van der Waals surface area contributed by atoms with E-state index in [0.717, 1.165) is 6.07 Å². The predicted octanol–water partition coefficient (Wildman–Crippen LogP) is 1.37. The Labute approximate surface area is 79.7 Å². The normalized spacial score (nSPS) is 13.0. The van der Waals surface area contributed by atoms with Crippen LogP contribution in [0.3, 0.4) is 0 Å². The van der Waals surface area contributed by atoms with Gasteiger partial charge in [0.25, 0.3) is 0 Å². The summed E-state index contributed by atoms with van der Waals surface area (Å²) in [5.41, 5.74) is 9.91. The molecule has 0 aliphatic carbocycles. The number of halogens is 3. The molecule has 5 heteroatoms. The van der Waals surface area contributed by atoms with Gasteiger partial charge in [-0.3, -0.25) is 0 Å². The van der Waals surface area contributed by atoms with Crippen LogP contribution in [0.1, 0.15) is 17.2 Å². The third kappa shape index (κ3) is 1.73. The van der Waals surface area contributed by atoms with E-state index in [-0.39, 0.29) is 12.1 Å². The summed E-state index contributed by atoms with van der Waals surface area (Å²) in [4.78, 5) is 0. The maximum atomic E-state index is 13.2. The van der Waals surface area contributed by atoms with Crippen LogP contribution in [-0.4, -0.2) is 6.54 Å². The first-order valence-corrected chi connectivity index (χ1v) is 4.08. The second kappa shape index (κ2) is 3.98. The lowest BCUT2D eigenvalue weighted by Crippen LogP contribution is -2.24. The smallest absolute Gasteiger partial charge is 0.166 e. The van der Waals surface area contributed by atoms with Crippen molar-refractivity contribution in [2.75, 3.05) is 6.54 Å². The molecule has 0 aliphatic rings. The van der Waals surface area contributed by atoms with Crippen LogP contribution in [0.5, 0.6) is 0 Å². The molecule has 0 aromatic heterocycles. The molecule has 2 nitrogen and oxygen atoms in total. The molecule has 0 saturated carbocycles. The lowest BCUT2D eigenvalue weighted by molar-refractivity contribution is 0.461. The summed E-state index contributed by atoms with van der Waals surface area (Å²) in [5, 5.41) is 0. The Morgan fingerprint density at radius 2 is 1.86 bits per heavy atom. The molecule has 1 atom stereocenters. The molecule has 0 spiro atoms. The average Bonchev–Trinajstić information content (AvgIpc) is 2.14. The first-order chi connectivity index (χ1) is 6.49. The maximum absolute atomic E-state index is 13.2. The van der Waals surface area contributed by atoms with Crippen LogP contribution in [0.25, 0.3) is 0 Å².